The van der Waals surface area contributed by atoms with E-state index in [1.54, 1.807) is 0 Å². The number of fused-ring (bicyclic) bond motifs is 1. The third-order valence-electron chi connectivity index (χ3n) is 6.49. The van der Waals surface area contributed by atoms with E-state index >= 15 is 0 Å². The summed E-state index contributed by atoms with van der Waals surface area (Å²) in [6.07, 6.45) is 11.8. The fraction of sp³-hybridized carbons (Fsp3) is 0.640. The summed E-state index contributed by atoms with van der Waals surface area (Å²) in [7, 11) is 2.16. The Labute approximate surface area is 198 Å². The minimum Gasteiger partial charge on any atom is -0.370 e. The van der Waals surface area contributed by atoms with E-state index in [0.29, 0.717) is 17.9 Å². The van der Waals surface area contributed by atoms with Gasteiger partial charge in [0.15, 0.2) is 0 Å². The molecule has 0 radical (unpaired) electrons. The Hall–Kier alpha value is -1.40. The molecule has 1 fully saturated rings. The van der Waals surface area contributed by atoms with Crippen molar-refractivity contribution in [2.45, 2.75) is 65.0 Å². The molecule has 2 aliphatic rings. The molecule has 0 aromatic carbocycles. The standard InChI is InChI=1S/C25H40N4S2/c1-5-20-8-9-24-22(15-20)16-23(28-24)17-26-19(3)27-18(2)7-6-12-29(4)25(30)21-10-13-31-14-11-21/h9,15-16,18,20-21,26-28H,3,5-8,10-14,17H2,1-2,4H3. The maximum absolute atomic E-state index is 5.74. The Balaban J connectivity index is 1.34. The minimum absolute atomic E-state index is 0.386. The lowest BCUT2D eigenvalue weighted by molar-refractivity contribution is 0.424. The molecule has 0 saturated carbocycles. The predicted molar refractivity (Wildman–Crippen MR) is 140 cm³/mol. The van der Waals surface area contributed by atoms with Crippen molar-refractivity contribution in [1.29, 1.82) is 0 Å². The zero-order chi connectivity index (χ0) is 22.2. The lowest BCUT2D eigenvalue weighted by Crippen LogP contribution is -2.35. The molecule has 0 bridgehead atoms. The number of H-pyrrole nitrogens is 1. The molecule has 1 aliphatic heterocycles. The van der Waals surface area contributed by atoms with Crippen molar-refractivity contribution in [2.24, 2.45) is 11.8 Å². The summed E-state index contributed by atoms with van der Waals surface area (Å²) in [5, 5.41) is 9.54. The molecule has 0 amide bonds. The fourth-order valence-corrected chi connectivity index (χ4v) is 5.88. The first-order chi connectivity index (χ1) is 15.0. The first-order valence-electron chi connectivity index (χ1n) is 11.9. The van der Waals surface area contributed by atoms with Crippen LogP contribution in [0.4, 0.5) is 0 Å². The summed E-state index contributed by atoms with van der Waals surface area (Å²) >= 11 is 7.80. The van der Waals surface area contributed by atoms with Gasteiger partial charge in [-0.15, -0.1) is 0 Å². The van der Waals surface area contributed by atoms with Gasteiger partial charge in [0.2, 0.25) is 0 Å². The third kappa shape index (κ3) is 7.31. The zero-order valence-electron chi connectivity index (χ0n) is 19.5. The van der Waals surface area contributed by atoms with Crippen molar-refractivity contribution in [3.8, 4) is 0 Å². The largest absolute Gasteiger partial charge is 0.370 e. The Morgan fingerprint density at radius 2 is 2.16 bits per heavy atom. The SMILES string of the molecule is C=C(NCc1cc2c([nH]1)=CCC(CC)C=2)NC(C)CCCN(C)C(=S)C1CCSCC1. The van der Waals surface area contributed by atoms with Gasteiger partial charge >= 0.3 is 0 Å². The average Bonchev–Trinajstić information content (AvgIpc) is 3.19. The first kappa shape index (κ1) is 24.2. The van der Waals surface area contributed by atoms with Gasteiger partial charge < -0.3 is 20.5 Å². The number of rotatable bonds is 11. The van der Waals surface area contributed by atoms with Gasteiger partial charge in [-0.1, -0.05) is 37.9 Å². The van der Waals surface area contributed by atoms with Crippen LogP contribution in [-0.2, 0) is 6.54 Å². The summed E-state index contributed by atoms with van der Waals surface area (Å²) in [5.74, 6) is 4.70. The number of hydrogen-bond donors (Lipinski definition) is 3. The topological polar surface area (TPSA) is 43.1 Å². The molecule has 1 aromatic heterocycles. The number of thioether (sulfide) groups is 1. The predicted octanol–water partition coefficient (Wildman–Crippen LogP) is 3.73. The van der Waals surface area contributed by atoms with Crippen LogP contribution in [0.3, 0.4) is 0 Å². The van der Waals surface area contributed by atoms with Crippen molar-refractivity contribution >= 4 is 41.1 Å². The molecule has 31 heavy (non-hydrogen) atoms. The maximum atomic E-state index is 5.74. The van der Waals surface area contributed by atoms with E-state index in [1.807, 2.05) is 0 Å². The number of hydrogen-bond acceptors (Lipinski definition) is 4. The van der Waals surface area contributed by atoms with E-state index in [0.717, 1.165) is 38.2 Å². The van der Waals surface area contributed by atoms with Crippen molar-refractivity contribution in [1.82, 2.24) is 20.5 Å². The van der Waals surface area contributed by atoms with Gasteiger partial charge in [-0.05, 0) is 74.2 Å². The van der Waals surface area contributed by atoms with E-state index in [9.17, 15) is 0 Å². The fourth-order valence-electron chi connectivity index (χ4n) is 4.45. The average molecular weight is 461 g/mol. The second kappa shape index (κ2) is 12.0. The Kier molecular flexibility index (Phi) is 9.39. The van der Waals surface area contributed by atoms with E-state index in [-0.39, 0.29) is 0 Å². The molecular weight excluding hydrogens is 420 g/mol. The monoisotopic (exact) mass is 460 g/mol. The normalized spacial score (nSPS) is 19.5. The quantitative estimate of drug-likeness (QED) is 0.439. The van der Waals surface area contributed by atoms with Gasteiger partial charge in [0.05, 0.1) is 17.4 Å². The number of aromatic nitrogens is 1. The van der Waals surface area contributed by atoms with Crippen LogP contribution in [0.2, 0.25) is 0 Å². The molecule has 4 nitrogen and oxygen atoms in total. The van der Waals surface area contributed by atoms with Gasteiger partial charge in [0.25, 0.3) is 0 Å². The summed E-state index contributed by atoms with van der Waals surface area (Å²) in [4.78, 5) is 7.01. The lowest BCUT2D eigenvalue weighted by atomic mass is 9.98. The van der Waals surface area contributed by atoms with Crippen molar-refractivity contribution in [3.05, 3.63) is 34.7 Å². The summed E-state index contributed by atoms with van der Waals surface area (Å²) in [5.41, 5.74) is 1.21. The molecule has 2 unspecified atom stereocenters. The molecule has 2 atom stereocenters. The number of aromatic amines is 1. The van der Waals surface area contributed by atoms with Crippen LogP contribution in [0, 0.1) is 11.8 Å². The van der Waals surface area contributed by atoms with E-state index in [1.165, 1.54) is 52.0 Å². The van der Waals surface area contributed by atoms with Gasteiger partial charge in [-0.25, -0.2) is 0 Å². The highest BCUT2D eigenvalue weighted by molar-refractivity contribution is 7.99. The first-order valence-corrected chi connectivity index (χ1v) is 13.4. The van der Waals surface area contributed by atoms with Gasteiger partial charge in [0, 0.05) is 36.6 Å². The van der Waals surface area contributed by atoms with Crippen LogP contribution in [-0.4, -0.2) is 46.0 Å². The van der Waals surface area contributed by atoms with Gasteiger partial charge in [-0.3, -0.25) is 0 Å². The lowest BCUT2D eigenvalue weighted by Gasteiger charge is -2.29. The Morgan fingerprint density at radius 3 is 2.90 bits per heavy atom. The van der Waals surface area contributed by atoms with Crippen LogP contribution in [0.15, 0.2) is 18.5 Å². The van der Waals surface area contributed by atoms with Crippen LogP contribution >= 0.6 is 24.0 Å². The molecule has 1 saturated heterocycles. The molecule has 0 spiro atoms. The molecule has 2 heterocycles. The van der Waals surface area contributed by atoms with Crippen molar-refractivity contribution in [3.63, 3.8) is 0 Å². The van der Waals surface area contributed by atoms with Gasteiger partial charge in [-0.2, -0.15) is 11.8 Å². The number of thiocarbonyl (C=S) groups is 1. The Morgan fingerprint density at radius 1 is 1.39 bits per heavy atom. The minimum atomic E-state index is 0.386. The zero-order valence-corrected chi connectivity index (χ0v) is 21.1. The van der Waals surface area contributed by atoms with Crippen LogP contribution in [0.5, 0.6) is 0 Å². The number of nitrogens with one attached hydrogen (secondary N) is 3. The van der Waals surface area contributed by atoms with Crippen LogP contribution in [0.1, 0.15) is 58.1 Å². The molecule has 1 aliphatic carbocycles. The highest BCUT2D eigenvalue weighted by Crippen LogP contribution is 2.25. The highest BCUT2D eigenvalue weighted by atomic mass is 32.2. The maximum Gasteiger partial charge on any atom is 0.0917 e. The summed E-state index contributed by atoms with van der Waals surface area (Å²) in [6, 6.07) is 2.65. The molecule has 3 N–H and O–H groups in total. The molecule has 172 valence electrons. The van der Waals surface area contributed by atoms with E-state index in [4.69, 9.17) is 12.2 Å². The highest BCUT2D eigenvalue weighted by Gasteiger charge is 2.20. The third-order valence-corrected chi connectivity index (χ3v) is 8.18. The van der Waals surface area contributed by atoms with E-state index in [2.05, 4.69) is 78.0 Å². The van der Waals surface area contributed by atoms with Crippen LogP contribution in [0.25, 0.3) is 12.2 Å². The van der Waals surface area contributed by atoms with Gasteiger partial charge in [0.1, 0.15) is 0 Å². The van der Waals surface area contributed by atoms with Crippen molar-refractivity contribution < 1.29 is 0 Å². The molecular formula is C25H40N4S2. The number of nitrogens with zero attached hydrogens (tertiary/aromatic N) is 1. The Bertz CT molecular complexity index is 853. The summed E-state index contributed by atoms with van der Waals surface area (Å²) in [6.45, 7) is 10.5. The molecule has 3 rings (SSSR count). The molecule has 6 heteroatoms. The second-order valence-electron chi connectivity index (χ2n) is 9.10. The smallest absolute Gasteiger partial charge is 0.0917 e. The second-order valence-corrected chi connectivity index (χ2v) is 10.7. The van der Waals surface area contributed by atoms with Crippen molar-refractivity contribution in [2.75, 3.05) is 25.1 Å². The summed E-state index contributed by atoms with van der Waals surface area (Å²) < 4.78 is 0. The van der Waals surface area contributed by atoms with E-state index < -0.39 is 0 Å². The van der Waals surface area contributed by atoms with Crippen LogP contribution < -0.4 is 21.2 Å². The molecule has 1 aromatic rings.